The number of nitrogens with zero attached hydrogens (tertiary/aromatic N) is 3. The molecule has 0 aliphatic rings. The highest BCUT2D eigenvalue weighted by Gasteiger charge is 2.10. The van der Waals surface area contributed by atoms with Gasteiger partial charge in [0.25, 0.3) is 5.91 Å². The van der Waals surface area contributed by atoms with E-state index in [0.717, 1.165) is 24.5 Å². The maximum Gasteiger partial charge on any atom is 0.272 e. The topological polar surface area (TPSA) is 70.2 Å². The number of benzene rings is 2. The molecule has 2 aromatic carbocycles. The van der Waals surface area contributed by atoms with Gasteiger partial charge in [-0.1, -0.05) is 18.2 Å². The van der Waals surface area contributed by atoms with Gasteiger partial charge in [-0.25, -0.2) is 4.39 Å². The first-order valence-corrected chi connectivity index (χ1v) is 9.58. The molecule has 7 heteroatoms. The van der Waals surface area contributed by atoms with Gasteiger partial charge < -0.3 is 15.5 Å². The molecule has 0 saturated carbocycles. The number of nitrogens with one attached hydrogen (secondary N) is 2. The lowest BCUT2D eigenvalue weighted by Crippen LogP contribution is -2.24. The molecule has 0 fully saturated rings. The molecule has 0 spiro atoms. The molecule has 29 heavy (non-hydrogen) atoms. The Hall–Kier alpha value is -3.48. The Balaban J connectivity index is 1.58. The van der Waals surface area contributed by atoms with E-state index < -0.39 is 5.91 Å². The number of anilines is 3. The Morgan fingerprint density at radius 2 is 1.69 bits per heavy atom. The van der Waals surface area contributed by atoms with Crippen molar-refractivity contribution in [2.45, 2.75) is 20.4 Å². The standard InChI is InChI=1S/C22H24FN5O/c1-3-28(4-2)18-11-9-17(10-12-18)25-21-14-13-20(26-27-21)22(29)24-15-16-7-5-6-8-19(16)23/h5-14H,3-4,15H2,1-2H3,(H,24,29)(H,25,27). The van der Waals surface area contributed by atoms with Gasteiger partial charge in [0.2, 0.25) is 0 Å². The number of amides is 1. The Labute approximate surface area is 169 Å². The van der Waals surface area contributed by atoms with Crippen molar-refractivity contribution < 1.29 is 9.18 Å². The highest BCUT2D eigenvalue weighted by molar-refractivity contribution is 5.92. The van der Waals surface area contributed by atoms with Crippen LogP contribution in [-0.4, -0.2) is 29.2 Å². The maximum absolute atomic E-state index is 13.6. The zero-order valence-electron chi connectivity index (χ0n) is 16.5. The van der Waals surface area contributed by atoms with Crippen LogP contribution in [0.15, 0.2) is 60.7 Å². The van der Waals surface area contributed by atoms with Crippen molar-refractivity contribution in [1.82, 2.24) is 15.5 Å². The van der Waals surface area contributed by atoms with Crippen molar-refractivity contribution in [2.24, 2.45) is 0 Å². The molecule has 0 aliphatic carbocycles. The fourth-order valence-corrected chi connectivity index (χ4v) is 2.92. The van der Waals surface area contributed by atoms with Gasteiger partial charge in [0.15, 0.2) is 11.5 Å². The van der Waals surface area contributed by atoms with E-state index in [9.17, 15) is 9.18 Å². The molecule has 0 radical (unpaired) electrons. The average molecular weight is 393 g/mol. The molecule has 0 atom stereocenters. The second-order valence-corrected chi connectivity index (χ2v) is 6.42. The van der Waals surface area contributed by atoms with Crippen LogP contribution < -0.4 is 15.5 Å². The van der Waals surface area contributed by atoms with Crippen molar-refractivity contribution >= 4 is 23.1 Å². The molecule has 150 valence electrons. The molecule has 3 aromatic rings. The fraction of sp³-hybridized carbons (Fsp3) is 0.227. The lowest BCUT2D eigenvalue weighted by Gasteiger charge is -2.21. The number of hydrogen-bond acceptors (Lipinski definition) is 5. The van der Waals surface area contributed by atoms with Gasteiger partial charge in [0, 0.05) is 36.6 Å². The Bertz CT molecular complexity index is 940. The summed E-state index contributed by atoms with van der Waals surface area (Å²) in [5.41, 5.74) is 2.63. The third kappa shape index (κ3) is 5.28. The number of rotatable bonds is 8. The minimum absolute atomic E-state index is 0.0894. The normalized spacial score (nSPS) is 10.4. The van der Waals surface area contributed by atoms with Gasteiger partial charge >= 0.3 is 0 Å². The zero-order chi connectivity index (χ0) is 20.6. The quantitative estimate of drug-likeness (QED) is 0.602. The molecule has 0 bridgehead atoms. The minimum Gasteiger partial charge on any atom is -0.372 e. The number of halogens is 1. The Kier molecular flexibility index (Phi) is 6.73. The third-order valence-electron chi connectivity index (χ3n) is 4.56. The van der Waals surface area contributed by atoms with E-state index in [1.54, 1.807) is 30.3 Å². The fourth-order valence-electron chi connectivity index (χ4n) is 2.92. The summed E-state index contributed by atoms with van der Waals surface area (Å²) < 4.78 is 13.6. The molecule has 1 amide bonds. The summed E-state index contributed by atoms with van der Waals surface area (Å²) in [6, 6.07) is 17.6. The molecule has 0 unspecified atom stereocenters. The second-order valence-electron chi connectivity index (χ2n) is 6.42. The predicted octanol–water partition coefficient (Wildman–Crippen LogP) is 4.14. The van der Waals surface area contributed by atoms with Crippen molar-refractivity contribution in [3.8, 4) is 0 Å². The van der Waals surface area contributed by atoms with E-state index in [1.165, 1.54) is 6.07 Å². The number of hydrogen-bond donors (Lipinski definition) is 2. The van der Waals surface area contributed by atoms with Crippen molar-refractivity contribution in [3.63, 3.8) is 0 Å². The molecule has 0 aliphatic heterocycles. The summed E-state index contributed by atoms with van der Waals surface area (Å²) in [6.07, 6.45) is 0. The van der Waals surface area contributed by atoms with Crippen LogP contribution in [0.2, 0.25) is 0 Å². The maximum atomic E-state index is 13.6. The van der Waals surface area contributed by atoms with Gasteiger partial charge in [-0.15, -0.1) is 10.2 Å². The Morgan fingerprint density at radius 3 is 2.31 bits per heavy atom. The summed E-state index contributed by atoms with van der Waals surface area (Å²) in [4.78, 5) is 14.5. The molecule has 3 rings (SSSR count). The van der Waals surface area contributed by atoms with E-state index in [1.807, 2.05) is 24.3 Å². The van der Waals surface area contributed by atoms with Crippen molar-refractivity contribution in [1.29, 1.82) is 0 Å². The van der Waals surface area contributed by atoms with Gasteiger partial charge in [-0.2, -0.15) is 0 Å². The van der Waals surface area contributed by atoms with E-state index >= 15 is 0 Å². The molecule has 0 saturated heterocycles. The number of carbonyl (C=O) groups excluding carboxylic acids is 1. The van der Waals surface area contributed by atoms with Crippen LogP contribution in [-0.2, 0) is 6.54 Å². The predicted molar refractivity (Wildman–Crippen MR) is 113 cm³/mol. The number of aromatic nitrogens is 2. The summed E-state index contributed by atoms with van der Waals surface area (Å²) in [5, 5.41) is 13.8. The molecular weight excluding hydrogens is 369 g/mol. The smallest absolute Gasteiger partial charge is 0.272 e. The molecular formula is C22H24FN5O. The van der Waals surface area contributed by atoms with Gasteiger partial charge in [0.1, 0.15) is 5.82 Å². The van der Waals surface area contributed by atoms with E-state index in [0.29, 0.717) is 11.4 Å². The van der Waals surface area contributed by atoms with Gasteiger partial charge in [-0.3, -0.25) is 4.79 Å². The Morgan fingerprint density at radius 1 is 0.966 bits per heavy atom. The second kappa shape index (κ2) is 9.64. The van der Waals surface area contributed by atoms with Crippen molar-refractivity contribution in [2.75, 3.05) is 23.3 Å². The first-order valence-electron chi connectivity index (χ1n) is 9.58. The highest BCUT2D eigenvalue weighted by Crippen LogP contribution is 2.20. The largest absolute Gasteiger partial charge is 0.372 e. The van der Waals surface area contributed by atoms with Crippen LogP contribution in [0.1, 0.15) is 29.9 Å². The molecule has 1 aromatic heterocycles. The van der Waals surface area contributed by atoms with E-state index in [2.05, 4.69) is 39.6 Å². The van der Waals surface area contributed by atoms with Crippen LogP contribution in [0, 0.1) is 5.82 Å². The van der Waals surface area contributed by atoms with Crippen LogP contribution in [0.5, 0.6) is 0 Å². The SMILES string of the molecule is CCN(CC)c1ccc(Nc2ccc(C(=O)NCc3ccccc3F)nn2)cc1. The van der Waals surface area contributed by atoms with Gasteiger partial charge in [-0.05, 0) is 56.3 Å². The van der Waals surface area contributed by atoms with Crippen LogP contribution >= 0.6 is 0 Å². The molecule has 2 N–H and O–H groups in total. The summed E-state index contributed by atoms with van der Waals surface area (Å²) in [7, 11) is 0. The number of carbonyl (C=O) groups is 1. The van der Waals surface area contributed by atoms with E-state index in [4.69, 9.17) is 0 Å². The summed E-state index contributed by atoms with van der Waals surface area (Å²) >= 11 is 0. The average Bonchev–Trinajstić information content (AvgIpc) is 2.75. The molecule has 1 heterocycles. The van der Waals surface area contributed by atoms with Crippen LogP contribution in [0.25, 0.3) is 0 Å². The van der Waals surface area contributed by atoms with Crippen molar-refractivity contribution in [3.05, 3.63) is 77.7 Å². The summed E-state index contributed by atoms with van der Waals surface area (Å²) in [6.45, 7) is 6.25. The monoisotopic (exact) mass is 393 g/mol. The molecule has 6 nitrogen and oxygen atoms in total. The zero-order valence-corrected chi connectivity index (χ0v) is 16.5. The van der Waals surface area contributed by atoms with E-state index in [-0.39, 0.29) is 18.1 Å². The first kappa shape index (κ1) is 20.3. The van der Waals surface area contributed by atoms with Gasteiger partial charge in [0.05, 0.1) is 0 Å². The van der Waals surface area contributed by atoms with Crippen LogP contribution in [0.3, 0.4) is 0 Å². The van der Waals surface area contributed by atoms with Crippen LogP contribution in [0.4, 0.5) is 21.6 Å². The third-order valence-corrected chi connectivity index (χ3v) is 4.56. The lowest BCUT2D eigenvalue weighted by molar-refractivity contribution is 0.0944. The first-order chi connectivity index (χ1) is 14.1. The summed E-state index contributed by atoms with van der Waals surface area (Å²) in [5.74, 6) is -0.229. The lowest BCUT2D eigenvalue weighted by atomic mass is 10.2. The minimum atomic E-state index is -0.407. The highest BCUT2D eigenvalue weighted by atomic mass is 19.1.